The third-order valence-corrected chi connectivity index (χ3v) is 6.10. The minimum atomic E-state index is -1.25. The van der Waals surface area contributed by atoms with Gasteiger partial charge in [-0.2, -0.15) is 4.40 Å². The van der Waals surface area contributed by atoms with E-state index < -0.39 is 11.0 Å². The van der Waals surface area contributed by atoms with Gasteiger partial charge in [0.05, 0.1) is 17.9 Å². The zero-order valence-electron chi connectivity index (χ0n) is 16.6. The van der Waals surface area contributed by atoms with Crippen LogP contribution in [0.25, 0.3) is 0 Å². The van der Waals surface area contributed by atoms with Crippen LogP contribution in [0, 0.1) is 10.8 Å². The summed E-state index contributed by atoms with van der Waals surface area (Å²) in [7, 11) is -1.25. The monoisotopic (exact) mass is 377 g/mol. The summed E-state index contributed by atoms with van der Waals surface area (Å²) in [4.78, 5) is 11.8. The molecule has 0 amide bonds. The molecule has 1 saturated carbocycles. The zero-order chi connectivity index (χ0) is 19.4. The van der Waals surface area contributed by atoms with E-state index in [1.54, 1.807) is 19.1 Å². The summed E-state index contributed by atoms with van der Waals surface area (Å²) in [6, 6.07) is 7.28. The number of carbonyl (C=O) groups is 1. The molecule has 1 aromatic rings. The summed E-state index contributed by atoms with van der Waals surface area (Å²) in [5, 5.41) is 0. The average Bonchev–Trinajstić information content (AvgIpc) is 3.28. The molecule has 144 valence electrons. The van der Waals surface area contributed by atoms with Gasteiger partial charge < -0.3 is 4.74 Å². The highest BCUT2D eigenvalue weighted by atomic mass is 32.2. The Hall–Kier alpha value is -1.49. The summed E-state index contributed by atoms with van der Waals surface area (Å²) in [6.07, 6.45) is 4.38. The molecule has 5 heteroatoms. The number of benzene rings is 1. The van der Waals surface area contributed by atoms with Gasteiger partial charge in [0.15, 0.2) is 0 Å². The molecule has 0 aromatic heterocycles. The maximum atomic E-state index is 12.5. The fourth-order valence-electron chi connectivity index (χ4n) is 2.66. The lowest BCUT2D eigenvalue weighted by molar-refractivity contribution is 0.0526. The van der Waals surface area contributed by atoms with Gasteiger partial charge in [-0.1, -0.05) is 39.8 Å². The summed E-state index contributed by atoms with van der Waals surface area (Å²) in [6.45, 7) is 10.6. The van der Waals surface area contributed by atoms with Crippen molar-refractivity contribution in [1.82, 2.24) is 0 Å². The Morgan fingerprint density at radius 2 is 1.77 bits per heavy atom. The molecule has 0 radical (unpaired) electrons. The Bertz CT molecular complexity index is 682. The fraction of sp³-hybridized carbons (Fsp3) is 0.619. The molecule has 1 unspecified atom stereocenters. The third-order valence-electron chi connectivity index (χ3n) is 4.57. The molecule has 0 saturated heterocycles. The maximum Gasteiger partial charge on any atom is 0.338 e. The summed E-state index contributed by atoms with van der Waals surface area (Å²) < 4.78 is 22.1. The average molecular weight is 378 g/mol. The van der Waals surface area contributed by atoms with Gasteiger partial charge in [0, 0.05) is 5.75 Å². The molecule has 26 heavy (non-hydrogen) atoms. The van der Waals surface area contributed by atoms with Crippen LogP contribution in [0.15, 0.2) is 28.7 Å². The van der Waals surface area contributed by atoms with Crippen molar-refractivity contribution < 1.29 is 13.7 Å². The van der Waals surface area contributed by atoms with Crippen molar-refractivity contribution in [2.45, 2.75) is 60.3 Å². The normalized spacial score (nSPS) is 17.7. The Morgan fingerprint density at radius 1 is 1.19 bits per heavy atom. The zero-order valence-corrected chi connectivity index (χ0v) is 17.4. The lowest BCUT2D eigenvalue weighted by atomic mass is 9.97. The van der Waals surface area contributed by atoms with Gasteiger partial charge >= 0.3 is 5.97 Å². The quantitative estimate of drug-likeness (QED) is 0.476. The van der Waals surface area contributed by atoms with Gasteiger partial charge in [-0.15, -0.1) is 0 Å². The van der Waals surface area contributed by atoms with Gasteiger partial charge in [0.2, 0.25) is 0 Å². The molecule has 1 aliphatic rings. The maximum absolute atomic E-state index is 12.5. The van der Waals surface area contributed by atoms with E-state index in [1.165, 1.54) is 12.8 Å². The fourth-order valence-corrected chi connectivity index (χ4v) is 3.91. The van der Waals surface area contributed by atoms with Crippen molar-refractivity contribution in [3.8, 4) is 0 Å². The van der Waals surface area contributed by atoms with E-state index in [0.717, 1.165) is 24.1 Å². The molecule has 1 aromatic carbocycles. The van der Waals surface area contributed by atoms with Crippen LogP contribution in [0.2, 0.25) is 0 Å². The largest absolute Gasteiger partial charge is 0.462 e. The first-order valence-corrected chi connectivity index (χ1v) is 10.6. The number of nitrogens with zero attached hydrogens (tertiary/aromatic N) is 1. The number of rotatable bonds is 8. The lowest BCUT2D eigenvalue weighted by Gasteiger charge is -2.16. The van der Waals surface area contributed by atoms with E-state index in [9.17, 15) is 9.00 Å². The van der Waals surface area contributed by atoms with Crippen molar-refractivity contribution >= 4 is 22.7 Å². The van der Waals surface area contributed by atoms with Crippen molar-refractivity contribution in [3.63, 3.8) is 0 Å². The molecule has 4 nitrogen and oxygen atoms in total. The van der Waals surface area contributed by atoms with Crippen LogP contribution in [0.4, 0.5) is 0 Å². The van der Waals surface area contributed by atoms with E-state index in [2.05, 4.69) is 32.1 Å². The summed E-state index contributed by atoms with van der Waals surface area (Å²) in [5.74, 6) is 0.216. The predicted molar refractivity (Wildman–Crippen MR) is 108 cm³/mol. The molecule has 0 aliphatic heterocycles. The molecular weight excluding hydrogens is 346 g/mol. The second-order valence-corrected chi connectivity index (χ2v) is 9.79. The van der Waals surface area contributed by atoms with Crippen molar-refractivity contribution in [1.29, 1.82) is 0 Å². The molecule has 0 heterocycles. The van der Waals surface area contributed by atoms with Crippen molar-refractivity contribution in [3.05, 3.63) is 35.4 Å². The van der Waals surface area contributed by atoms with Gasteiger partial charge in [-0.3, -0.25) is 0 Å². The van der Waals surface area contributed by atoms with Crippen molar-refractivity contribution in [2.24, 2.45) is 15.2 Å². The van der Waals surface area contributed by atoms with Crippen LogP contribution in [-0.2, 0) is 15.7 Å². The second kappa shape index (κ2) is 8.47. The van der Waals surface area contributed by atoms with Gasteiger partial charge in [-0.05, 0) is 61.1 Å². The Labute approximate surface area is 160 Å². The van der Waals surface area contributed by atoms with Crippen LogP contribution in [-0.4, -0.2) is 28.2 Å². The van der Waals surface area contributed by atoms with E-state index in [-0.39, 0.29) is 11.4 Å². The minimum Gasteiger partial charge on any atom is -0.462 e. The first-order chi connectivity index (χ1) is 12.1. The third kappa shape index (κ3) is 6.67. The van der Waals surface area contributed by atoms with Crippen molar-refractivity contribution in [2.75, 3.05) is 12.4 Å². The van der Waals surface area contributed by atoms with E-state index >= 15 is 0 Å². The summed E-state index contributed by atoms with van der Waals surface area (Å²) in [5.41, 5.74) is 2.72. The van der Waals surface area contributed by atoms with Crippen LogP contribution >= 0.6 is 0 Å². The number of carbonyl (C=O) groups excluding carboxylic acids is 1. The topological polar surface area (TPSA) is 55.7 Å². The molecule has 2 rings (SSSR count). The van der Waals surface area contributed by atoms with Gasteiger partial charge in [-0.25, -0.2) is 9.00 Å². The Kier molecular flexibility index (Phi) is 6.78. The first kappa shape index (κ1) is 20.8. The van der Waals surface area contributed by atoms with Crippen LogP contribution in [0.5, 0.6) is 0 Å². The molecule has 0 bridgehead atoms. The standard InChI is InChI=1S/C21H31NO3S/c1-6-25-19(23)17-9-7-16(8-10-17)18(11-12-21(5)13-14-21)22-26(24)15-20(2,3)4/h7-10H,6,11-15H2,1-5H3/b22-18+. The summed E-state index contributed by atoms with van der Waals surface area (Å²) >= 11 is 0. The highest BCUT2D eigenvalue weighted by Crippen LogP contribution is 2.49. The minimum absolute atomic E-state index is 0.0320. The molecule has 1 aliphatic carbocycles. The molecule has 0 N–H and O–H groups in total. The van der Waals surface area contributed by atoms with Crippen LogP contribution < -0.4 is 0 Å². The van der Waals surface area contributed by atoms with Crippen LogP contribution in [0.3, 0.4) is 0 Å². The smallest absolute Gasteiger partial charge is 0.338 e. The number of hydrogen-bond donors (Lipinski definition) is 0. The number of ether oxygens (including phenoxy) is 1. The van der Waals surface area contributed by atoms with E-state index in [4.69, 9.17) is 4.74 Å². The highest BCUT2D eigenvalue weighted by molar-refractivity contribution is 7.83. The molecular formula is C21H31NO3S. The molecule has 0 spiro atoms. The second-order valence-electron chi connectivity index (χ2n) is 8.67. The first-order valence-electron chi connectivity index (χ1n) is 9.35. The van der Waals surface area contributed by atoms with Crippen LogP contribution in [0.1, 0.15) is 76.2 Å². The van der Waals surface area contributed by atoms with Gasteiger partial charge in [0.25, 0.3) is 0 Å². The van der Waals surface area contributed by atoms with E-state index in [1.807, 2.05) is 12.1 Å². The predicted octanol–water partition coefficient (Wildman–Crippen LogP) is 4.94. The highest BCUT2D eigenvalue weighted by Gasteiger charge is 2.36. The number of esters is 1. The van der Waals surface area contributed by atoms with E-state index in [0.29, 0.717) is 23.3 Å². The molecule has 1 fully saturated rings. The molecule has 1 atom stereocenters. The Balaban J connectivity index is 2.19. The van der Waals surface area contributed by atoms with Gasteiger partial charge in [0.1, 0.15) is 11.0 Å². The SMILES string of the molecule is CCOC(=O)c1ccc(/C(CCC2(C)CC2)=N/S(=O)CC(C)(C)C)cc1. The lowest BCUT2D eigenvalue weighted by Crippen LogP contribution is -2.16. The Morgan fingerprint density at radius 3 is 2.27 bits per heavy atom. The number of hydrogen-bond acceptors (Lipinski definition) is 3.